The molecule has 9 nitrogen and oxygen atoms in total. The number of hydrogen-bond acceptors (Lipinski definition) is 7. The first-order valence-corrected chi connectivity index (χ1v) is 5.38. The molecule has 1 aromatic heterocycles. The van der Waals surface area contributed by atoms with Crippen LogP contribution in [0.4, 0.5) is 10.6 Å². The fourth-order valence-electron chi connectivity index (χ4n) is 1.67. The number of hydrogen-bond donors (Lipinski definition) is 2. The monoisotopic (exact) mass is 264 g/mol. The van der Waals surface area contributed by atoms with Crippen molar-refractivity contribution in [2.24, 2.45) is 5.84 Å². The molecule has 0 atom stereocenters. The van der Waals surface area contributed by atoms with Crippen LogP contribution in [0.2, 0.25) is 0 Å². The predicted molar refractivity (Wildman–Crippen MR) is 63.3 cm³/mol. The van der Waals surface area contributed by atoms with Crippen LogP contribution in [0.25, 0.3) is 0 Å². The van der Waals surface area contributed by atoms with Gasteiger partial charge in [-0.3, -0.25) is 14.5 Å². The fourth-order valence-corrected chi connectivity index (χ4v) is 1.67. The van der Waals surface area contributed by atoms with Gasteiger partial charge in [0.2, 0.25) is 0 Å². The van der Waals surface area contributed by atoms with Crippen LogP contribution in [0, 0.1) is 6.92 Å². The second-order valence-electron chi connectivity index (χ2n) is 3.99. The van der Waals surface area contributed by atoms with Gasteiger partial charge >= 0.3 is 17.8 Å². The van der Waals surface area contributed by atoms with Crippen LogP contribution in [0.1, 0.15) is 11.5 Å². The molecule has 0 radical (unpaired) electrons. The number of anilines is 1. The number of imide groups is 2. The standard InChI is InChI=1S/C10H12N6O3/c1-5-3-6(14-11)13-7(12-5)4-16-9(18)8(17)15(2)10(16)19/h3H,4,11H2,1-2H3,(H,12,13,14). The second-order valence-corrected chi connectivity index (χ2v) is 3.99. The third-order valence-corrected chi connectivity index (χ3v) is 2.60. The van der Waals surface area contributed by atoms with E-state index in [9.17, 15) is 14.4 Å². The van der Waals surface area contributed by atoms with Crippen LogP contribution in [0.5, 0.6) is 0 Å². The third-order valence-electron chi connectivity index (χ3n) is 2.60. The first-order valence-electron chi connectivity index (χ1n) is 5.38. The molecule has 100 valence electrons. The molecule has 1 fully saturated rings. The number of likely N-dealkylation sites (N-methyl/N-ethyl adjacent to an activating group) is 1. The van der Waals surface area contributed by atoms with Crippen molar-refractivity contribution in [3.05, 3.63) is 17.6 Å². The lowest BCUT2D eigenvalue weighted by atomic mass is 10.4. The van der Waals surface area contributed by atoms with Crippen molar-refractivity contribution in [1.29, 1.82) is 0 Å². The molecule has 0 aromatic carbocycles. The van der Waals surface area contributed by atoms with Crippen molar-refractivity contribution in [2.45, 2.75) is 13.5 Å². The molecule has 19 heavy (non-hydrogen) atoms. The summed E-state index contributed by atoms with van der Waals surface area (Å²) in [5.41, 5.74) is 2.98. The molecule has 1 aliphatic rings. The normalized spacial score (nSPS) is 15.4. The number of hydrazine groups is 1. The van der Waals surface area contributed by atoms with Gasteiger partial charge in [0.15, 0.2) is 5.82 Å². The average molecular weight is 264 g/mol. The van der Waals surface area contributed by atoms with Gasteiger partial charge in [0.1, 0.15) is 5.82 Å². The van der Waals surface area contributed by atoms with Gasteiger partial charge in [0.25, 0.3) is 0 Å². The molecule has 0 unspecified atom stereocenters. The van der Waals surface area contributed by atoms with Gasteiger partial charge in [-0.1, -0.05) is 0 Å². The Balaban J connectivity index is 2.27. The number of amides is 4. The lowest BCUT2D eigenvalue weighted by Gasteiger charge is -2.12. The molecule has 1 saturated heterocycles. The Morgan fingerprint density at radius 3 is 2.47 bits per heavy atom. The summed E-state index contributed by atoms with van der Waals surface area (Å²) in [5, 5.41) is 0. The van der Waals surface area contributed by atoms with E-state index in [0.717, 1.165) is 9.80 Å². The molecule has 1 aromatic rings. The number of nitrogens with zero attached hydrogens (tertiary/aromatic N) is 4. The minimum atomic E-state index is -0.889. The van der Waals surface area contributed by atoms with E-state index in [-0.39, 0.29) is 12.4 Å². The SMILES string of the molecule is Cc1cc(NN)nc(CN2C(=O)C(=O)N(C)C2=O)n1. The van der Waals surface area contributed by atoms with Gasteiger partial charge in [-0.15, -0.1) is 0 Å². The highest BCUT2D eigenvalue weighted by Gasteiger charge is 2.42. The Kier molecular flexibility index (Phi) is 3.13. The molecule has 9 heteroatoms. The predicted octanol–water partition coefficient (Wildman–Crippen LogP) is -1.01. The van der Waals surface area contributed by atoms with E-state index in [1.165, 1.54) is 7.05 Å². The number of carbonyl (C=O) groups is 3. The zero-order chi connectivity index (χ0) is 14.2. The summed E-state index contributed by atoms with van der Waals surface area (Å²) in [6, 6.07) is 0.913. The van der Waals surface area contributed by atoms with Gasteiger partial charge in [-0.25, -0.2) is 25.5 Å². The molecular formula is C10H12N6O3. The minimum absolute atomic E-state index is 0.176. The zero-order valence-electron chi connectivity index (χ0n) is 10.4. The number of nitrogens with two attached hydrogens (primary N) is 1. The molecule has 0 spiro atoms. The van der Waals surface area contributed by atoms with Crippen LogP contribution < -0.4 is 11.3 Å². The van der Waals surface area contributed by atoms with Crippen molar-refractivity contribution in [3.63, 3.8) is 0 Å². The first-order chi connectivity index (χ1) is 8.93. The maximum absolute atomic E-state index is 11.7. The second kappa shape index (κ2) is 4.61. The van der Waals surface area contributed by atoms with Crippen molar-refractivity contribution in [2.75, 3.05) is 12.5 Å². The average Bonchev–Trinajstić information content (AvgIpc) is 2.56. The summed E-state index contributed by atoms with van der Waals surface area (Å²) < 4.78 is 0. The van der Waals surface area contributed by atoms with Crippen molar-refractivity contribution in [3.8, 4) is 0 Å². The van der Waals surface area contributed by atoms with Gasteiger partial charge in [-0.2, -0.15) is 0 Å². The van der Waals surface area contributed by atoms with Gasteiger partial charge in [0.05, 0.1) is 6.54 Å². The van der Waals surface area contributed by atoms with Crippen molar-refractivity contribution < 1.29 is 14.4 Å². The Morgan fingerprint density at radius 1 is 1.26 bits per heavy atom. The summed E-state index contributed by atoms with van der Waals surface area (Å²) in [7, 11) is 1.24. The number of rotatable bonds is 3. The van der Waals surface area contributed by atoms with E-state index >= 15 is 0 Å². The molecule has 0 aliphatic carbocycles. The number of carbonyl (C=O) groups excluding carboxylic acids is 3. The van der Waals surface area contributed by atoms with Crippen LogP contribution >= 0.6 is 0 Å². The van der Waals surface area contributed by atoms with Crippen LogP contribution in [0.3, 0.4) is 0 Å². The summed E-state index contributed by atoms with van der Waals surface area (Å²) in [4.78, 5) is 44.3. The summed E-state index contributed by atoms with van der Waals surface area (Å²) in [6.07, 6.45) is 0. The summed E-state index contributed by atoms with van der Waals surface area (Å²) in [5.74, 6) is 4.07. The van der Waals surface area contributed by atoms with E-state index < -0.39 is 17.8 Å². The van der Waals surface area contributed by atoms with Crippen LogP contribution in [0.15, 0.2) is 6.07 Å². The Labute approximate surface area is 108 Å². The highest BCUT2D eigenvalue weighted by molar-refractivity contribution is 6.44. The lowest BCUT2D eigenvalue weighted by Crippen LogP contribution is -2.32. The van der Waals surface area contributed by atoms with E-state index in [0.29, 0.717) is 11.5 Å². The first kappa shape index (κ1) is 12.9. The van der Waals surface area contributed by atoms with Crippen LogP contribution in [-0.4, -0.2) is 44.7 Å². The number of urea groups is 1. The third kappa shape index (κ3) is 2.22. The topological polar surface area (TPSA) is 122 Å². The zero-order valence-corrected chi connectivity index (χ0v) is 10.4. The smallest absolute Gasteiger partial charge is 0.308 e. The van der Waals surface area contributed by atoms with E-state index in [1.807, 2.05) is 0 Å². The molecule has 2 heterocycles. The molecule has 3 N–H and O–H groups in total. The highest BCUT2D eigenvalue weighted by atomic mass is 16.2. The van der Waals surface area contributed by atoms with E-state index in [1.54, 1.807) is 13.0 Å². The number of nitrogens with one attached hydrogen (secondary N) is 1. The van der Waals surface area contributed by atoms with E-state index in [2.05, 4.69) is 15.4 Å². The van der Waals surface area contributed by atoms with Gasteiger partial charge in [-0.05, 0) is 6.92 Å². The van der Waals surface area contributed by atoms with Crippen molar-refractivity contribution in [1.82, 2.24) is 19.8 Å². The van der Waals surface area contributed by atoms with Gasteiger partial charge in [0, 0.05) is 18.8 Å². The van der Waals surface area contributed by atoms with Crippen LogP contribution in [-0.2, 0) is 16.1 Å². The Morgan fingerprint density at radius 2 is 1.95 bits per heavy atom. The van der Waals surface area contributed by atoms with Crippen molar-refractivity contribution >= 4 is 23.7 Å². The van der Waals surface area contributed by atoms with E-state index in [4.69, 9.17) is 5.84 Å². The Hall–Kier alpha value is -2.55. The molecule has 1 aliphatic heterocycles. The maximum Gasteiger partial charge on any atom is 0.334 e. The number of aryl methyl sites for hydroxylation is 1. The molecule has 4 amide bonds. The maximum atomic E-state index is 11.7. The number of nitrogen functional groups attached to an aromatic ring is 1. The summed E-state index contributed by atoms with van der Waals surface area (Å²) in [6.45, 7) is 1.54. The fraction of sp³-hybridized carbons (Fsp3) is 0.300. The Bertz CT molecular complexity index is 572. The molecule has 0 bridgehead atoms. The number of aromatic nitrogens is 2. The largest absolute Gasteiger partial charge is 0.334 e. The molecular weight excluding hydrogens is 252 g/mol. The quantitative estimate of drug-likeness (QED) is 0.310. The van der Waals surface area contributed by atoms with Gasteiger partial charge < -0.3 is 5.43 Å². The summed E-state index contributed by atoms with van der Waals surface area (Å²) >= 11 is 0. The highest BCUT2D eigenvalue weighted by Crippen LogP contribution is 2.14. The molecule has 2 rings (SSSR count). The lowest BCUT2D eigenvalue weighted by molar-refractivity contribution is -0.143. The molecule has 0 saturated carbocycles. The minimum Gasteiger partial charge on any atom is -0.308 e.